The third-order valence-corrected chi connectivity index (χ3v) is 2.26. The molecule has 1 heteroatoms. The molecule has 0 saturated heterocycles. The van der Waals surface area contributed by atoms with Crippen molar-refractivity contribution in [2.75, 3.05) is 0 Å². The lowest BCUT2D eigenvalue weighted by molar-refractivity contribution is 1.21. The molecule has 0 aromatic heterocycles. The minimum Gasteiger partial charge on any atom is -0.361 e. The second kappa shape index (κ2) is 3.97. The second-order valence-electron chi connectivity index (χ2n) is 3.28. The number of nitrogens with one attached hydrogen (secondary N) is 1. The lowest BCUT2D eigenvalue weighted by Gasteiger charge is -2.09. The Morgan fingerprint density at radius 2 is 1.86 bits per heavy atom. The van der Waals surface area contributed by atoms with Crippen LogP contribution in [-0.2, 0) is 0 Å². The molecule has 0 atom stereocenters. The lowest BCUT2D eigenvalue weighted by atomic mass is 10.1. The predicted molar refractivity (Wildman–Crippen MR) is 60.6 cm³/mol. The van der Waals surface area contributed by atoms with E-state index in [1.165, 1.54) is 11.1 Å². The maximum Gasteiger partial charge on any atom is 0.0456 e. The van der Waals surface area contributed by atoms with E-state index in [9.17, 15) is 0 Å². The molecule has 0 aliphatic carbocycles. The molecule has 0 amide bonds. The van der Waals surface area contributed by atoms with Crippen LogP contribution in [0.1, 0.15) is 11.1 Å². The summed E-state index contributed by atoms with van der Waals surface area (Å²) < 4.78 is 0. The van der Waals surface area contributed by atoms with Crippen molar-refractivity contribution in [1.29, 1.82) is 0 Å². The standard InChI is InChI=1S/C13H13N/c1-11-7-4-5-8-12(11)13-9-3-2-6-10-14-13/h2-10,14H,1H3. The Kier molecular flexibility index (Phi) is 2.50. The number of hydrogen-bond donors (Lipinski definition) is 1. The van der Waals surface area contributed by atoms with Crippen LogP contribution in [0.15, 0.2) is 54.8 Å². The third kappa shape index (κ3) is 1.77. The topological polar surface area (TPSA) is 12.0 Å². The van der Waals surface area contributed by atoms with Gasteiger partial charge in [-0.25, -0.2) is 0 Å². The fraction of sp³-hybridized carbons (Fsp3) is 0.0769. The van der Waals surface area contributed by atoms with Crippen LogP contribution in [0.2, 0.25) is 0 Å². The Hall–Kier alpha value is -1.76. The minimum absolute atomic E-state index is 1.15. The maximum absolute atomic E-state index is 3.26. The zero-order valence-electron chi connectivity index (χ0n) is 8.20. The lowest BCUT2D eigenvalue weighted by Crippen LogP contribution is -2.03. The Morgan fingerprint density at radius 3 is 2.71 bits per heavy atom. The van der Waals surface area contributed by atoms with Crippen molar-refractivity contribution in [3.8, 4) is 0 Å². The molecule has 0 fully saturated rings. The second-order valence-corrected chi connectivity index (χ2v) is 3.28. The molecule has 14 heavy (non-hydrogen) atoms. The molecule has 1 aliphatic rings. The van der Waals surface area contributed by atoms with E-state index in [0.29, 0.717) is 0 Å². The molecule has 0 bridgehead atoms. The summed E-state index contributed by atoms with van der Waals surface area (Å²) in [6.07, 6.45) is 10.1. The van der Waals surface area contributed by atoms with Gasteiger partial charge in [-0.2, -0.15) is 0 Å². The van der Waals surface area contributed by atoms with E-state index >= 15 is 0 Å². The van der Waals surface area contributed by atoms with Gasteiger partial charge in [-0.05, 0) is 24.6 Å². The molecule has 1 N–H and O–H groups in total. The van der Waals surface area contributed by atoms with Crippen LogP contribution < -0.4 is 5.32 Å². The first kappa shape index (κ1) is 8.82. The van der Waals surface area contributed by atoms with Crippen molar-refractivity contribution >= 4 is 5.70 Å². The first-order chi connectivity index (χ1) is 6.88. The number of rotatable bonds is 1. The van der Waals surface area contributed by atoms with Gasteiger partial charge in [-0.15, -0.1) is 0 Å². The average Bonchev–Trinajstić information content (AvgIpc) is 2.47. The zero-order chi connectivity index (χ0) is 9.80. The van der Waals surface area contributed by atoms with Crippen molar-refractivity contribution in [1.82, 2.24) is 5.32 Å². The maximum atomic E-state index is 3.26. The van der Waals surface area contributed by atoms with Gasteiger partial charge in [0, 0.05) is 17.5 Å². The van der Waals surface area contributed by atoms with E-state index in [0.717, 1.165) is 5.70 Å². The summed E-state index contributed by atoms with van der Waals surface area (Å²) in [5, 5.41) is 3.26. The van der Waals surface area contributed by atoms with Gasteiger partial charge in [-0.1, -0.05) is 36.4 Å². The molecule has 1 heterocycles. The molecule has 0 unspecified atom stereocenters. The monoisotopic (exact) mass is 183 g/mol. The molecule has 1 aromatic carbocycles. The smallest absolute Gasteiger partial charge is 0.0456 e. The van der Waals surface area contributed by atoms with Gasteiger partial charge >= 0.3 is 0 Å². The van der Waals surface area contributed by atoms with E-state index in [1.54, 1.807) is 0 Å². The molecule has 70 valence electrons. The Morgan fingerprint density at radius 1 is 1.00 bits per heavy atom. The highest BCUT2D eigenvalue weighted by molar-refractivity contribution is 5.69. The summed E-state index contributed by atoms with van der Waals surface area (Å²) in [4.78, 5) is 0. The van der Waals surface area contributed by atoms with Gasteiger partial charge in [0.05, 0.1) is 0 Å². The van der Waals surface area contributed by atoms with E-state index in [1.807, 2.05) is 24.4 Å². The highest BCUT2D eigenvalue weighted by Gasteiger charge is 2.01. The van der Waals surface area contributed by atoms with Gasteiger partial charge in [0.15, 0.2) is 0 Å². The van der Waals surface area contributed by atoms with Crippen LogP contribution >= 0.6 is 0 Å². The molecule has 0 radical (unpaired) electrons. The third-order valence-electron chi connectivity index (χ3n) is 2.26. The Balaban J connectivity index is 2.40. The molecule has 1 aromatic rings. The van der Waals surface area contributed by atoms with Crippen LogP contribution in [0.25, 0.3) is 5.70 Å². The number of allylic oxidation sites excluding steroid dienone is 4. The SMILES string of the molecule is Cc1ccccc1C1=CC=CC=CN1. The van der Waals surface area contributed by atoms with Crippen molar-refractivity contribution < 1.29 is 0 Å². The highest BCUT2D eigenvalue weighted by Crippen LogP contribution is 2.17. The Bertz CT molecular complexity index is 411. The van der Waals surface area contributed by atoms with Gasteiger partial charge in [0.1, 0.15) is 0 Å². The largest absolute Gasteiger partial charge is 0.361 e. The van der Waals surface area contributed by atoms with Gasteiger partial charge < -0.3 is 5.32 Å². The Labute approximate surface area is 84.5 Å². The molecule has 2 rings (SSSR count). The van der Waals surface area contributed by atoms with Crippen molar-refractivity contribution in [2.24, 2.45) is 0 Å². The van der Waals surface area contributed by atoms with Crippen LogP contribution in [0, 0.1) is 6.92 Å². The fourth-order valence-electron chi connectivity index (χ4n) is 1.50. The highest BCUT2D eigenvalue weighted by atomic mass is 14.8. The summed E-state index contributed by atoms with van der Waals surface area (Å²) in [5.41, 5.74) is 3.69. The number of benzene rings is 1. The first-order valence-corrected chi connectivity index (χ1v) is 4.74. The molecular weight excluding hydrogens is 170 g/mol. The van der Waals surface area contributed by atoms with Crippen LogP contribution in [-0.4, -0.2) is 0 Å². The van der Waals surface area contributed by atoms with Crippen molar-refractivity contribution in [3.63, 3.8) is 0 Å². The van der Waals surface area contributed by atoms with E-state index in [-0.39, 0.29) is 0 Å². The predicted octanol–water partition coefficient (Wildman–Crippen LogP) is 3.01. The van der Waals surface area contributed by atoms with Gasteiger partial charge in [0.2, 0.25) is 0 Å². The molecule has 1 nitrogen and oxygen atoms in total. The molecular formula is C13H13N. The normalized spacial score (nSPS) is 14.5. The number of hydrogen-bond acceptors (Lipinski definition) is 1. The summed E-state index contributed by atoms with van der Waals surface area (Å²) in [7, 11) is 0. The van der Waals surface area contributed by atoms with Gasteiger partial charge in [-0.3, -0.25) is 0 Å². The van der Waals surface area contributed by atoms with Crippen LogP contribution in [0.3, 0.4) is 0 Å². The molecule has 0 saturated carbocycles. The van der Waals surface area contributed by atoms with Crippen LogP contribution in [0.4, 0.5) is 0 Å². The minimum atomic E-state index is 1.15. The van der Waals surface area contributed by atoms with Crippen molar-refractivity contribution in [3.05, 3.63) is 65.9 Å². The average molecular weight is 183 g/mol. The first-order valence-electron chi connectivity index (χ1n) is 4.74. The fourth-order valence-corrected chi connectivity index (χ4v) is 1.50. The van der Waals surface area contributed by atoms with Crippen LogP contribution in [0.5, 0.6) is 0 Å². The zero-order valence-corrected chi connectivity index (χ0v) is 8.20. The number of aryl methyl sites for hydroxylation is 1. The quantitative estimate of drug-likeness (QED) is 0.705. The van der Waals surface area contributed by atoms with E-state index in [2.05, 4.69) is 42.6 Å². The van der Waals surface area contributed by atoms with Gasteiger partial charge in [0.25, 0.3) is 0 Å². The van der Waals surface area contributed by atoms with E-state index in [4.69, 9.17) is 0 Å². The molecule has 0 spiro atoms. The van der Waals surface area contributed by atoms with Crippen molar-refractivity contribution in [2.45, 2.75) is 6.92 Å². The summed E-state index contributed by atoms with van der Waals surface area (Å²) in [6, 6.07) is 8.36. The summed E-state index contributed by atoms with van der Waals surface area (Å²) in [5.74, 6) is 0. The summed E-state index contributed by atoms with van der Waals surface area (Å²) >= 11 is 0. The summed E-state index contributed by atoms with van der Waals surface area (Å²) in [6.45, 7) is 2.12. The van der Waals surface area contributed by atoms with E-state index < -0.39 is 0 Å². The molecule has 1 aliphatic heterocycles.